The van der Waals surface area contributed by atoms with Gasteiger partial charge in [-0.3, -0.25) is 15.0 Å². The van der Waals surface area contributed by atoms with Gasteiger partial charge in [0.25, 0.3) is 5.91 Å². The van der Waals surface area contributed by atoms with E-state index in [2.05, 4.69) is 9.73 Å². The summed E-state index contributed by atoms with van der Waals surface area (Å²) in [4.78, 5) is 28.3. The summed E-state index contributed by atoms with van der Waals surface area (Å²) in [6, 6.07) is 4.97. The molecule has 11 heteroatoms. The fourth-order valence-corrected chi connectivity index (χ4v) is 2.92. The van der Waals surface area contributed by atoms with Gasteiger partial charge in [0.05, 0.1) is 12.3 Å². The highest BCUT2D eigenvalue weighted by Gasteiger charge is 2.31. The summed E-state index contributed by atoms with van der Waals surface area (Å²) in [5.74, 6) is -2.72. The molecule has 1 aromatic carbocycles. The van der Waals surface area contributed by atoms with E-state index < -0.39 is 29.9 Å². The number of carbonyl (C=O) groups excluding carboxylic acids is 1. The second-order valence-corrected chi connectivity index (χ2v) is 6.64. The van der Waals surface area contributed by atoms with Crippen LogP contribution < -0.4 is 10.5 Å². The van der Waals surface area contributed by atoms with Crippen molar-refractivity contribution in [3.8, 4) is 5.75 Å². The quantitative estimate of drug-likeness (QED) is 0.473. The molecule has 1 aliphatic rings. The number of amidine groups is 2. The summed E-state index contributed by atoms with van der Waals surface area (Å²) in [5.41, 5.74) is 5.92. The van der Waals surface area contributed by atoms with E-state index >= 15 is 0 Å². The van der Waals surface area contributed by atoms with E-state index in [4.69, 9.17) is 16.2 Å². The Morgan fingerprint density at radius 1 is 1.37 bits per heavy atom. The van der Waals surface area contributed by atoms with E-state index in [0.717, 1.165) is 12.1 Å². The molecular weight excluding hydrogens is 405 g/mol. The molecule has 1 fully saturated rings. The Bertz CT molecular complexity index is 868. The second kappa shape index (κ2) is 9.90. The first-order valence-electron chi connectivity index (χ1n) is 8.99. The Labute approximate surface area is 170 Å². The number of aliphatic imine (C=N–C) groups is 1. The molecule has 1 saturated heterocycles. The number of nitrogens with one attached hydrogen (secondary N) is 1. The third kappa shape index (κ3) is 7.57. The Kier molecular flexibility index (Phi) is 7.56. The average molecular weight is 426 g/mol. The molecule has 0 spiro atoms. The van der Waals surface area contributed by atoms with E-state index in [1.807, 2.05) is 0 Å². The molecule has 8 nitrogen and oxygen atoms in total. The van der Waals surface area contributed by atoms with Crippen molar-refractivity contribution in [1.29, 1.82) is 5.41 Å². The molecule has 4 N–H and O–H groups in total. The lowest BCUT2D eigenvalue weighted by molar-refractivity contribution is -0.274. The number of piperidine rings is 1. The molecular formula is C19H21F3N4O4. The molecule has 162 valence electrons. The zero-order valence-electron chi connectivity index (χ0n) is 15.9. The van der Waals surface area contributed by atoms with Gasteiger partial charge in [0.1, 0.15) is 17.4 Å². The van der Waals surface area contributed by atoms with Crippen LogP contribution in [-0.4, -0.2) is 53.0 Å². The van der Waals surface area contributed by atoms with E-state index in [1.54, 1.807) is 4.90 Å². The van der Waals surface area contributed by atoms with Gasteiger partial charge in [-0.05, 0) is 42.7 Å². The first-order chi connectivity index (χ1) is 14.0. The lowest BCUT2D eigenvalue weighted by Crippen LogP contribution is -2.41. The molecule has 0 bridgehead atoms. The fourth-order valence-electron chi connectivity index (χ4n) is 2.92. The minimum atomic E-state index is -4.83. The Hall–Kier alpha value is -3.37. The number of amides is 1. The maximum absolute atomic E-state index is 12.3. The molecule has 0 saturated carbocycles. The first kappa shape index (κ1) is 22.9. The Morgan fingerprint density at radius 3 is 2.77 bits per heavy atom. The number of benzene rings is 1. The number of carboxylic acids is 1. The average Bonchev–Trinajstić information content (AvgIpc) is 2.65. The smallest absolute Gasteiger partial charge is 0.481 e. The van der Waals surface area contributed by atoms with Crippen LogP contribution in [0.3, 0.4) is 0 Å². The van der Waals surface area contributed by atoms with E-state index in [-0.39, 0.29) is 30.2 Å². The summed E-state index contributed by atoms with van der Waals surface area (Å²) in [6.07, 6.45) is -1.36. The maximum atomic E-state index is 12.3. The minimum Gasteiger partial charge on any atom is -0.481 e. The van der Waals surface area contributed by atoms with Gasteiger partial charge in [-0.2, -0.15) is 4.99 Å². The molecule has 1 heterocycles. The van der Waals surface area contributed by atoms with Gasteiger partial charge in [-0.15, -0.1) is 13.2 Å². The molecule has 0 aromatic heterocycles. The van der Waals surface area contributed by atoms with Crippen LogP contribution in [0.4, 0.5) is 13.2 Å². The summed E-state index contributed by atoms with van der Waals surface area (Å²) in [5, 5.41) is 17.1. The third-order valence-corrected chi connectivity index (χ3v) is 4.26. The summed E-state index contributed by atoms with van der Waals surface area (Å²) >= 11 is 0. The number of nitrogens with two attached hydrogens (primary N) is 1. The molecule has 1 aromatic rings. The fraction of sp³-hybridized carbons (Fsp3) is 0.368. The van der Waals surface area contributed by atoms with Crippen molar-refractivity contribution in [2.45, 2.75) is 25.6 Å². The number of likely N-dealkylation sites (tertiary alicyclic amines) is 1. The number of rotatable bonds is 6. The van der Waals surface area contributed by atoms with Gasteiger partial charge in [-0.1, -0.05) is 12.1 Å². The van der Waals surface area contributed by atoms with Crippen molar-refractivity contribution < 1.29 is 32.6 Å². The number of ether oxygens (including phenoxy) is 1. The van der Waals surface area contributed by atoms with Crippen LogP contribution in [0, 0.1) is 11.3 Å². The largest absolute Gasteiger partial charge is 0.573 e. The van der Waals surface area contributed by atoms with Crippen LogP contribution in [0.5, 0.6) is 5.75 Å². The predicted molar refractivity (Wildman–Crippen MR) is 102 cm³/mol. The minimum absolute atomic E-state index is 0.0450. The zero-order chi connectivity index (χ0) is 22.3. The van der Waals surface area contributed by atoms with Gasteiger partial charge in [0.15, 0.2) is 0 Å². The molecule has 1 unspecified atom stereocenters. The first-order valence-corrected chi connectivity index (χ1v) is 8.99. The molecule has 1 amide bonds. The van der Waals surface area contributed by atoms with Crippen molar-refractivity contribution >= 4 is 23.5 Å². The third-order valence-electron chi connectivity index (χ3n) is 4.26. The number of nitrogens with zero attached hydrogens (tertiary/aromatic N) is 2. The number of hydrogen-bond acceptors (Lipinski definition) is 4. The number of carboxylic acid groups (broad SMARTS) is 1. The molecule has 2 rings (SSSR count). The Morgan fingerprint density at radius 2 is 2.10 bits per heavy atom. The standard InChI is InChI=1S/C19H21F3N4O4/c20-19(21,22)30-14-5-1-3-12(9-14)10-17(27)25-15(23)6-7-16(24)26-8-2-4-13(11-26)18(28)29/h1,3,5-7,9,13,24H,2,4,8,10-11H2,(H,28,29)(H2,23,25,27)/b7-6-,24-16?. The maximum Gasteiger partial charge on any atom is 0.573 e. The summed E-state index contributed by atoms with van der Waals surface area (Å²) < 4.78 is 40.6. The number of carbonyl (C=O) groups is 2. The van der Waals surface area contributed by atoms with Gasteiger partial charge in [-0.25, -0.2) is 0 Å². The molecule has 0 radical (unpaired) electrons. The van der Waals surface area contributed by atoms with Gasteiger partial charge >= 0.3 is 12.3 Å². The van der Waals surface area contributed by atoms with Crippen LogP contribution in [0.15, 0.2) is 41.4 Å². The zero-order valence-corrected chi connectivity index (χ0v) is 15.9. The van der Waals surface area contributed by atoms with Gasteiger partial charge < -0.3 is 20.5 Å². The van der Waals surface area contributed by atoms with Crippen LogP contribution in [0.2, 0.25) is 0 Å². The highest BCUT2D eigenvalue weighted by atomic mass is 19.4. The van der Waals surface area contributed by atoms with Crippen molar-refractivity contribution in [2.24, 2.45) is 16.6 Å². The lowest BCUT2D eigenvalue weighted by Gasteiger charge is -2.31. The lowest BCUT2D eigenvalue weighted by atomic mass is 9.98. The van der Waals surface area contributed by atoms with Crippen molar-refractivity contribution in [1.82, 2.24) is 4.90 Å². The number of halogens is 3. The molecule has 1 atom stereocenters. The van der Waals surface area contributed by atoms with Crippen LogP contribution in [-0.2, 0) is 16.0 Å². The van der Waals surface area contributed by atoms with Gasteiger partial charge in [0.2, 0.25) is 0 Å². The van der Waals surface area contributed by atoms with Crippen LogP contribution >= 0.6 is 0 Å². The van der Waals surface area contributed by atoms with E-state index in [9.17, 15) is 22.8 Å². The van der Waals surface area contributed by atoms with E-state index in [1.165, 1.54) is 24.3 Å². The number of aliphatic carboxylic acids is 1. The van der Waals surface area contributed by atoms with Gasteiger partial charge in [0, 0.05) is 13.1 Å². The molecule has 1 aliphatic heterocycles. The Balaban J connectivity index is 1.93. The number of hydrogen-bond donors (Lipinski definition) is 3. The normalized spacial score (nSPS) is 17.8. The monoisotopic (exact) mass is 426 g/mol. The second-order valence-electron chi connectivity index (χ2n) is 6.64. The summed E-state index contributed by atoms with van der Waals surface area (Å²) in [6.45, 7) is 0.754. The molecule has 0 aliphatic carbocycles. The van der Waals surface area contributed by atoms with Crippen molar-refractivity contribution in [2.75, 3.05) is 13.1 Å². The topological polar surface area (TPSA) is 129 Å². The van der Waals surface area contributed by atoms with Crippen molar-refractivity contribution in [3.63, 3.8) is 0 Å². The highest BCUT2D eigenvalue weighted by molar-refractivity contribution is 6.04. The van der Waals surface area contributed by atoms with Crippen LogP contribution in [0.25, 0.3) is 0 Å². The summed E-state index contributed by atoms with van der Waals surface area (Å²) in [7, 11) is 0. The molecule has 30 heavy (non-hydrogen) atoms. The van der Waals surface area contributed by atoms with E-state index in [0.29, 0.717) is 19.4 Å². The predicted octanol–water partition coefficient (Wildman–Crippen LogP) is 2.34. The number of alkyl halides is 3. The SMILES string of the molecule is N=C(/C=C\C(N)=NC(=O)Cc1cccc(OC(F)(F)F)c1)N1CCCC(C(=O)O)C1. The highest BCUT2D eigenvalue weighted by Crippen LogP contribution is 2.23. The van der Waals surface area contributed by atoms with Crippen LogP contribution in [0.1, 0.15) is 18.4 Å². The van der Waals surface area contributed by atoms with Crippen molar-refractivity contribution in [3.05, 3.63) is 42.0 Å².